The predicted octanol–water partition coefficient (Wildman–Crippen LogP) is 2.86. The van der Waals surface area contributed by atoms with Crippen LogP contribution in [0.15, 0.2) is 24.3 Å². The zero-order chi connectivity index (χ0) is 16.9. The summed E-state index contributed by atoms with van der Waals surface area (Å²) in [4.78, 5) is 24.1. The third-order valence-electron chi connectivity index (χ3n) is 4.09. The molecule has 1 fully saturated rings. The molecule has 1 aliphatic rings. The highest BCUT2D eigenvalue weighted by atomic mass is 16.5. The van der Waals surface area contributed by atoms with Crippen molar-refractivity contribution in [1.82, 2.24) is 5.32 Å². The number of nitrogens with one attached hydrogen (secondary N) is 1. The Morgan fingerprint density at radius 3 is 2.48 bits per heavy atom. The second kappa shape index (κ2) is 7.28. The Balaban J connectivity index is 1.83. The average Bonchev–Trinajstić information content (AvgIpc) is 3.39. The lowest BCUT2D eigenvalue weighted by Gasteiger charge is -2.22. The molecular weight excluding hydrogens is 292 g/mol. The summed E-state index contributed by atoms with van der Waals surface area (Å²) < 4.78 is 5.33. The number of rotatable bonds is 8. The van der Waals surface area contributed by atoms with Crippen molar-refractivity contribution in [3.05, 3.63) is 29.8 Å². The fraction of sp³-hybridized carbons (Fsp3) is 0.500. The first kappa shape index (κ1) is 17.0. The van der Waals surface area contributed by atoms with Gasteiger partial charge in [-0.3, -0.25) is 9.59 Å². The van der Waals surface area contributed by atoms with E-state index in [4.69, 9.17) is 4.74 Å². The van der Waals surface area contributed by atoms with E-state index in [-0.39, 0.29) is 30.4 Å². The Morgan fingerprint density at radius 2 is 1.96 bits per heavy atom. The SMILES string of the molecule is CCOc1ccc(C(=O)CCC(=O)NC(C)(C#N)C2CC2)cc1. The smallest absolute Gasteiger partial charge is 0.221 e. The maximum absolute atomic E-state index is 12.1. The summed E-state index contributed by atoms with van der Waals surface area (Å²) in [7, 11) is 0. The molecule has 1 N–H and O–H groups in total. The largest absolute Gasteiger partial charge is 0.494 e. The summed E-state index contributed by atoms with van der Waals surface area (Å²) in [6.45, 7) is 4.22. The number of ether oxygens (including phenoxy) is 1. The minimum atomic E-state index is -0.806. The van der Waals surface area contributed by atoms with Crippen molar-refractivity contribution in [3.8, 4) is 11.8 Å². The van der Waals surface area contributed by atoms with Crippen molar-refractivity contribution in [2.45, 2.75) is 45.1 Å². The summed E-state index contributed by atoms with van der Waals surface area (Å²) in [5.74, 6) is 0.614. The molecule has 5 heteroatoms. The van der Waals surface area contributed by atoms with Crippen LogP contribution >= 0.6 is 0 Å². The Hall–Kier alpha value is -2.35. The molecule has 1 atom stereocenters. The molecule has 1 aromatic rings. The molecule has 0 saturated heterocycles. The van der Waals surface area contributed by atoms with Gasteiger partial charge < -0.3 is 10.1 Å². The highest BCUT2D eigenvalue weighted by Gasteiger charge is 2.42. The lowest BCUT2D eigenvalue weighted by atomic mass is 9.97. The second-order valence-electron chi connectivity index (χ2n) is 6.02. The van der Waals surface area contributed by atoms with E-state index in [1.54, 1.807) is 31.2 Å². The number of nitriles is 1. The van der Waals surface area contributed by atoms with Gasteiger partial charge in [-0.15, -0.1) is 0 Å². The van der Waals surface area contributed by atoms with Crippen LogP contribution in [0.2, 0.25) is 0 Å². The molecular formula is C18H22N2O3. The molecule has 1 unspecified atom stereocenters. The zero-order valence-corrected chi connectivity index (χ0v) is 13.6. The Kier molecular flexibility index (Phi) is 5.38. The van der Waals surface area contributed by atoms with Gasteiger partial charge in [0.25, 0.3) is 0 Å². The maximum atomic E-state index is 12.1. The fourth-order valence-electron chi connectivity index (χ4n) is 2.51. The molecule has 1 saturated carbocycles. The number of nitrogens with zero attached hydrogens (tertiary/aromatic N) is 1. The molecule has 23 heavy (non-hydrogen) atoms. The monoisotopic (exact) mass is 314 g/mol. The van der Waals surface area contributed by atoms with Crippen molar-refractivity contribution in [2.75, 3.05) is 6.61 Å². The van der Waals surface area contributed by atoms with Crippen LogP contribution in [0.4, 0.5) is 0 Å². The molecule has 0 bridgehead atoms. The third kappa shape index (κ3) is 4.56. The van der Waals surface area contributed by atoms with Crippen LogP contribution < -0.4 is 10.1 Å². The second-order valence-corrected chi connectivity index (χ2v) is 6.02. The van der Waals surface area contributed by atoms with Crippen LogP contribution in [0, 0.1) is 17.2 Å². The first-order valence-electron chi connectivity index (χ1n) is 7.97. The standard InChI is InChI=1S/C18H22N2O3/c1-3-23-15-8-4-13(5-9-15)16(21)10-11-17(22)20-18(2,12-19)14-6-7-14/h4-5,8-9,14H,3,6-7,10-11H2,1-2H3,(H,20,22). The van der Waals surface area contributed by atoms with E-state index < -0.39 is 5.54 Å². The minimum Gasteiger partial charge on any atom is -0.494 e. The number of ketones is 1. The lowest BCUT2D eigenvalue weighted by molar-refractivity contribution is -0.122. The summed E-state index contributed by atoms with van der Waals surface area (Å²) in [5.41, 5.74) is -0.245. The first-order valence-corrected chi connectivity index (χ1v) is 7.97. The van der Waals surface area contributed by atoms with Crippen LogP contribution in [0.5, 0.6) is 5.75 Å². The van der Waals surface area contributed by atoms with Crippen molar-refractivity contribution in [2.24, 2.45) is 5.92 Å². The molecule has 122 valence electrons. The van der Waals surface area contributed by atoms with Crippen LogP contribution in [-0.2, 0) is 4.79 Å². The molecule has 5 nitrogen and oxygen atoms in total. The van der Waals surface area contributed by atoms with Gasteiger partial charge >= 0.3 is 0 Å². The summed E-state index contributed by atoms with van der Waals surface area (Å²) >= 11 is 0. The van der Waals surface area contributed by atoms with Gasteiger partial charge in [0, 0.05) is 18.4 Å². The van der Waals surface area contributed by atoms with Crippen LogP contribution in [0.25, 0.3) is 0 Å². The van der Waals surface area contributed by atoms with Gasteiger partial charge in [-0.2, -0.15) is 5.26 Å². The number of Topliss-reactive ketones (excluding diaryl/α,β-unsaturated/α-hetero) is 1. The number of hydrogen-bond donors (Lipinski definition) is 1. The van der Waals surface area contributed by atoms with E-state index in [9.17, 15) is 14.9 Å². The normalized spacial score (nSPS) is 16.0. The van der Waals surface area contributed by atoms with E-state index in [1.165, 1.54) is 0 Å². The molecule has 1 amide bonds. The van der Waals surface area contributed by atoms with Crippen LogP contribution in [-0.4, -0.2) is 23.8 Å². The van der Waals surface area contributed by atoms with E-state index >= 15 is 0 Å². The Labute approximate surface area is 136 Å². The van der Waals surface area contributed by atoms with Crippen molar-refractivity contribution < 1.29 is 14.3 Å². The number of hydrogen-bond acceptors (Lipinski definition) is 4. The quantitative estimate of drug-likeness (QED) is 0.748. The maximum Gasteiger partial charge on any atom is 0.221 e. The Morgan fingerprint density at radius 1 is 1.30 bits per heavy atom. The third-order valence-corrected chi connectivity index (χ3v) is 4.09. The van der Waals surface area contributed by atoms with Gasteiger partial charge in [-0.25, -0.2) is 0 Å². The molecule has 0 aliphatic heterocycles. The molecule has 0 radical (unpaired) electrons. The van der Waals surface area contributed by atoms with E-state index in [1.807, 2.05) is 6.92 Å². The number of carbonyl (C=O) groups excluding carboxylic acids is 2. The summed E-state index contributed by atoms with van der Waals surface area (Å²) in [5, 5.41) is 12.0. The molecule has 2 rings (SSSR count). The number of carbonyl (C=O) groups is 2. The first-order chi connectivity index (χ1) is 11.0. The van der Waals surface area contributed by atoms with Crippen molar-refractivity contribution in [3.63, 3.8) is 0 Å². The van der Waals surface area contributed by atoms with E-state index in [0.29, 0.717) is 12.2 Å². The molecule has 0 heterocycles. The Bertz CT molecular complexity index is 614. The summed E-state index contributed by atoms with van der Waals surface area (Å²) in [6, 6.07) is 9.08. The van der Waals surface area contributed by atoms with Crippen molar-refractivity contribution in [1.29, 1.82) is 5.26 Å². The van der Waals surface area contributed by atoms with Crippen LogP contribution in [0.3, 0.4) is 0 Å². The van der Waals surface area contributed by atoms with Gasteiger partial charge in [0.2, 0.25) is 5.91 Å². The molecule has 1 aliphatic carbocycles. The lowest BCUT2D eigenvalue weighted by Crippen LogP contribution is -2.46. The zero-order valence-electron chi connectivity index (χ0n) is 13.6. The average molecular weight is 314 g/mol. The highest BCUT2D eigenvalue weighted by Crippen LogP contribution is 2.39. The van der Waals surface area contributed by atoms with E-state index in [0.717, 1.165) is 18.6 Å². The van der Waals surface area contributed by atoms with Crippen molar-refractivity contribution >= 4 is 11.7 Å². The highest BCUT2D eigenvalue weighted by molar-refractivity contribution is 5.98. The number of amides is 1. The fourth-order valence-corrected chi connectivity index (χ4v) is 2.51. The van der Waals surface area contributed by atoms with Gasteiger partial charge in [-0.05, 0) is 56.9 Å². The minimum absolute atomic E-state index is 0.0896. The predicted molar refractivity (Wildman–Crippen MR) is 86.1 cm³/mol. The summed E-state index contributed by atoms with van der Waals surface area (Å²) in [6.07, 6.45) is 2.16. The van der Waals surface area contributed by atoms with Gasteiger partial charge in [-0.1, -0.05) is 0 Å². The van der Waals surface area contributed by atoms with Gasteiger partial charge in [0.05, 0.1) is 12.7 Å². The molecule has 0 spiro atoms. The molecule has 1 aromatic carbocycles. The van der Waals surface area contributed by atoms with E-state index in [2.05, 4.69) is 11.4 Å². The molecule has 0 aromatic heterocycles. The number of benzene rings is 1. The van der Waals surface area contributed by atoms with Crippen LogP contribution in [0.1, 0.15) is 49.9 Å². The van der Waals surface area contributed by atoms with Gasteiger partial charge in [0.1, 0.15) is 11.3 Å². The topological polar surface area (TPSA) is 79.2 Å². The van der Waals surface area contributed by atoms with Gasteiger partial charge in [0.15, 0.2) is 5.78 Å².